The summed E-state index contributed by atoms with van der Waals surface area (Å²) in [7, 11) is 0. The molecule has 0 unspecified atom stereocenters. The van der Waals surface area contributed by atoms with Crippen molar-refractivity contribution >= 4 is 71.2 Å². The SMILES string of the molecule is C/C=C1\C[C@H]2C=Nc3cc(Cc4cc5c(cc4C)C(=O)N4C/C(=C/C)C[C@H]4C=N5)[c-]cc3C(=O)N2C1.C=C1C[C@H]2C=Nc3cc(Cc4cc5c(cc4C)C(=O)N4CC(=C)C[C@H]4C=N5)[c-]cc3C(=O)N2C1.[Y].[Y]. The quantitative estimate of drug-likeness (QED) is 0.149. The number of fused-ring (bicyclic) bond motifs is 8. The maximum absolute atomic E-state index is 13.3. The minimum absolute atomic E-state index is 0. The van der Waals surface area contributed by atoms with Crippen molar-refractivity contribution in [3.8, 4) is 0 Å². The Morgan fingerprint density at radius 1 is 0.500 bits per heavy atom. The molecule has 4 amide bonds. The zero-order chi connectivity index (χ0) is 48.5. The predicted molar refractivity (Wildman–Crippen MR) is 275 cm³/mol. The van der Waals surface area contributed by atoms with Gasteiger partial charge >= 0.3 is 0 Å². The van der Waals surface area contributed by atoms with Gasteiger partial charge in [-0.1, -0.05) is 47.6 Å². The molecule has 8 aliphatic rings. The van der Waals surface area contributed by atoms with E-state index >= 15 is 0 Å². The van der Waals surface area contributed by atoms with Crippen molar-refractivity contribution in [2.45, 2.75) is 90.4 Å². The van der Waals surface area contributed by atoms with Crippen molar-refractivity contribution < 1.29 is 84.6 Å². The second-order valence-corrected chi connectivity index (χ2v) is 19.8. The van der Waals surface area contributed by atoms with Gasteiger partial charge in [0, 0.05) is 116 Å². The first-order valence-electron chi connectivity index (χ1n) is 24.2. The summed E-state index contributed by atoms with van der Waals surface area (Å²) in [4.78, 5) is 78.9. The zero-order valence-electron chi connectivity index (χ0n) is 41.2. The molecular weight excluding hydrogens is 1050 g/mol. The standard InChI is InChI=1S/C30H29N4O2.C28H25N4O2.2Y/c1-4-19-10-23-14-31-27-12-21(6-7-25(27)29(35)33(23)16-19)9-22-13-28-26(8-18(22)3)30(36)34-17-20(5-2)11-24(34)15-32-28;1-16-6-21-12-29-25-10-19(4-5-23(25)27(33)31(21)14-16)9-20-11-26-24(8-18(20)3)28(34)32-15-17(2)7-22(32)13-30-26;;/h4-5,7-8,12-15,23-24H,9-11,16-17H2,1-3H3;5,8,10-13,21-22H,1-2,6-7,9,14-15H2,3H3;;/q2*-1;;/b19-4+,20-5+;;;/t23-,24-;21-,22-;;/m00../s1. The topological polar surface area (TPSA) is 131 Å². The Bertz CT molecular complexity index is 3200. The van der Waals surface area contributed by atoms with Gasteiger partial charge in [-0.15, -0.1) is 12.1 Å². The smallest absolute Gasteiger partial charge is 0.256 e. The summed E-state index contributed by atoms with van der Waals surface area (Å²) in [5.74, 6) is 0.0580. The van der Waals surface area contributed by atoms with Crippen molar-refractivity contribution in [3.05, 3.63) is 164 Å². The van der Waals surface area contributed by atoms with Gasteiger partial charge in [0.05, 0.1) is 46.7 Å². The van der Waals surface area contributed by atoms with E-state index in [1.807, 2.05) is 109 Å². The van der Waals surface area contributed by atoms with Gasteiger partial charge in [0.15, 0.2) is 0 Å². The average molecular weight is 1100 g/mol. The third-order valence-electron chi connectivity index (χ3n) is 15.0. The van der Waals surface area contributed by atoms with Crippen molar-refractivity contribution in [2.75, 3.05) is 26.2 Å². The van der Waals surface area contributed by atoms with Crippen LogP contribution in [0.3, 0.4) is 0 Å². The number of aliphatic imine (C=N–C) groups is 4. The Balaban J connectivity index is 0.000000173. The normalized spacial score (nSPS) is 23.2. The van der Waals surface area contributed by atoms with E-state index in [1.54, 1.807) is 12.1 Å². The minimum Gasteiger partial charge on any atom is -0.337 e. The average Bonchev–Trinajstić information content (AvgIpc) is 4.11. The maximum Gasteiger partial charge on any atom is 0.256 e. The molecule has 0 aromatic heterocycles. The second-order valence-electron chi connectivity index (χ2n) is 19.8. The number of carbonyl (C=O) groups excluding carboxylic acids is 4. The Morgan fingerprint density at radius 3 is 1.21 bits per heavy atom. The maximum atomic E-state index is 13.3. The molecule has 2 radical (unpaired) electrons. The van der Waals surface area contributed by atoms with Gasteiger partial charge in [0.2, 0.25) is 11.8 Å². The van der Waals surface area contributed by atoms with Crippen molar-refractivity contribution in [1.29, 1.82) is 0 Å². The van der Waals surface area contributed by atoms with Gasteiger partial charge in [-0.2, -0.15) is 35.4 Å². The molecule has 4 atom stereocenters. The third-order valence-corrected chi connectivity index (χ3v) is 15.0. The van der Waals surface area contributed by atoms with Gasteiger partial charge in [-0.25, -0.2) is 0 Å². The minimum atomic E-state index is -0.0227. The molecule has 358 valence electrons. The van der Waals surface area contributed by atoms with E-state index in [9.17, 15) is 19.2 Å². The molecule has 12 nitrogen and oxygen atoms in total. The number of benzene rings is 4. The predicted octanol–water partition coefficient (Wildman–Crippen LogP) is 9.49. The van der Waals surface area contributed by atoms with Crippen LogP contribution < -0.4 is 0 Å². The molecule has 0 bridgehead atoms. The summed E-state index contributed by atoms with van der Waals surface area (Å²) >= 11 is 0. The number of allylic oxidation sites excluding steroid dienone is 2. The molecule has 0 N–H and O–H groups in total. The Morgan fingerprint density at radius 2 is 0.833 bits per heavy atom. The van der Waals surface area contributed by atoms with Gasteiger partial charge in [0.25, 0.3) is 11.8 Å². The fourth-order valence-corrected chi connectivity index (χ4v) is 11.0. The summed E-state index contributed by atoms with van der Waals surface area (Å²) in [5.41, 5.74) is 16.1. The van der Waals surface area contributed by atoms with Crippen LogP contribution in [-0.2, 0) is 78.3 Å². The van der Waals surface area contributed by atoms with Crippen molar-refractivity contribution in [1.82, 2.24) is 19.6 Å². The summed E-state index contributed by atoms with van der Waals surface area (Å²) in [6.07, 6.45) is 16.2. The number of carbonyl (C=O) groups is 4. The summed E-state index contributed by atoms with van der Waals surface area (Å²) < 4.78 is 0. The number of hydrogen-bond donors (Lipinski definition) is 0. The number of hydrogen-bond acceptors (Lipinski definition) is 8. The molecule has 4 fully saturated rings. The van der Waals surface area contributed by atoms with Crippen LogP contribution in [0.5, 0.6) is 0 Å². The van der Waals surface area contributed by atoms with E-state index in [4.69, 9.17) is 9.98 Å². The van der Waals surface area contributed by atoms with Crippen LogP contribution in [0.1, 0.15) is 114 Å². The monoisotopic (exact) mass is 1100 g/mol. The first-order chi connectivity index (χ1) is 33.8. The molecular formula is C58H54N8O4Y2-2. The van der Waals surface area contributed by atoms with Crippen LogP contribution in [0.25, 0.3) is 0 Å². The molecule has 12 rings (SSSR count). The number of rotatable bonds is 4. The van der Waals surface area contributed by atoms with Crippen LogP contribution in [-0.4, -0.2) is 118 Å². The van der Waals surface area contributed by atoms with E-state index in [0.717, 1.165) is 75.9 Å². The van der Waals surface area contributed by atoms with E-state index in [0.29, 0.717) is 78.3 Å². The van der Waals surface area contributed by atoms with Crippen LogP contribution in [0, 0.1) is 26.0 Å². The van der Waals surface area contributed by atoms with Gasteiger partial charge in [-0.05, 0) is 135 Å². The second kappa shape index (κ2) is 20.8. The summed E-state index contributed by atoms with van der Waals surface area (Å²) in [6.45, 7) is 18.7. The van der Waals surface area contributed by atoms with Crippen LogP contribution in [0.15, 0.2) is 116 Å². The first kappa shape index (κ1) is 51.5. The molecule has 0 saturated carbocycles. The number of amides is 4. The summed E-state index contributed by atoms with van der Waals surface area (Å²) in [5, 5.41) is 0. The number of aryl methyl sites for hydroxylation is 2. The molecule has 4 aromatic carbocycles. The fraction of sp³-hybridized carbons (Fsp3) is 0.310. The molecule has 8 aliphatic heterocycles. The molecule has 72 heavy (non-hydrogen) atoms. The van der Waals surface area contributed by atoms with Gasteiger partial charge < -0.3 is 19.6 Å². The van der Waals surface area contributed by atoms with Gasteiger partial charge in [0.1, 0.15) is 0 Å². The van der Waals surface area contributed by atoms with E-state index in [2.05, 4.69) is 47.4 Å². The van der Waals surface area contributed by atoms with E-state index < -0.39 is 0 Å². The molecule has 8 heterocycles. The van der Waals surface area contributed by atoms with Crippen molar-refractivity contribution in [3.63, 3.8) is 0 Å². The fourth-order valence-electron chi connectivity index (χ4n) is 11.0. The Kier molecular flexibility index (Phi) is 14.9. The van der Waals surface area contributed by atoms with Crippen LogP contribution >= 0.6 is 0 Å². The van der Waals surface area contributed by atoms with Crippen molar-refractivity contribution in [2.24, 2.45) is 20.0 Å². The largest absolute Gasteiger partial charge is 0.337 e. The van der Waals surface area contributed by atoms with Crippen LogP contribution in [0.2, 0.25) is 0 Å². The Labute approximate surface area is 471 Å². The van der Waals surface area contributed by atoms with E-state index in [1.165, 1.54) is 11.1 Å². The molecule has 0 spiro atoms. The molecule has 4 aromatic rings. The molecule has 14 heteroatoms. The first-order valence-corrected chi connectivity index (χ1v) is 24.2. The molecule has 4 saturated heterocycles. The Hall–Kier alpha value is -5.39. The van der Waals surface area contributed by atoms with Gasteiger partial charge in [-0.3, -0.25) is 39.1 Å². The van der Waals surface area contributed by atoms with E-state index in [-0.39, 0.29) is 113 Å². The summed E-state index contributed by atoms with van der Waals surface area (Å²) in [6, 6.07) is 22.0. The zero-order valence-corrected chi connectivity index (χ0v) is 46.9. The third kappa shape index (κ3) is 9.65. The van der Waals surface area contributed by atoms with Crippen LogP contribution in [0.4, 0.5) is 22.7 Å². The molecule has 0 aliphatic carbocycles. The number of nitrogens with zero attached hydrogens (tertiary/aromatic N) is 8.